The van der Waals surface area contributed by atoms with Crippen LogP contribution < -0.4 is 0 Å². The summed E-state index contributed by atoms with van der Waals surface area (Å²) < 4.78 is 1.31. The Balaban J connectivity index is 2.02. The molecule has 1 aromatic heterocycles. The second kappa shape index (κ2) is 4.55. The van der Waals surface area contributed by atoms with Crippen molar-refractivity contribution in [3.63, 3.8) is 0 Å². The number of Topliss-reactive ketones (excluding diaryl/α,β-unsaturated/α-hetero) is 1. The van der Waals surface area contributed by atoms with Crippen LogP contribution in [-0.2, 0) is 13.5 Å². The lowest BCUT2D eigenvalue weighted by molar-refractivity contribution is -0.391. The van der Waals surface area contributed by atoms with E-state index in [4.69, 9.17) is 0 Å². The van der Waals surface area contributed by atoms with Crippen molar-refractivity contribution in [3.05, 3.63) is 57.0 Å². The molecule has 0 atom stereocenters. The highest BCUT2D eigenvalue weighted by atomic mass is 16.6. The van der Waals surface area contributed by atoms with Crippen LogP contribution in [0.15, 0.2) is 30.0 Å². The van der Waals surface area contributed by atoms with E-state index in [1.165, 1.54) is 23.8 Å². The molecule has 0 unspecified atom stereocenters. The molecule has 0 amide bonds. The first-order valence-electron chi connectivity index (χ1n) is 6.21. The average Bonchev–Trinajstić information content (AvgIpc) is 2.95. The number of benzene rings is 1. The molecular weight excluding hydrogens is 274 g/mol. The Morgan fingerprint density at radius 3 is 2.86 bits per heavy atom. The SMILES string of the molecule is Cn1c([N+](=O)[O-])cnc1C=C1Cc2c(O)cccc2C1=O. The molecule has 0 bridgehead atoms. The minimum atomic E-state index is -0.536. The zero-order valence-corrected chi connectivity index (χ0v) is 11.1. The van der Waals surface area contributed by atoms with Crippen LogP contribution in [-0.4, -0.2) is 25.4 Å². The van der Waals surface area contributed by atoms with E-state index in [1.807, 2.05) is 0 Å². The number of hydrogen-bond acceptors (Lipinski definition) is 5. The van der Waals surface area contributed by atoms with E-state index < -0.39 is 4.92 Å². The van der Waals surface area contributed by atoms with Crippen LogP contribution in [0.2, 0.25) is 0 Å². The molecule has 0 aliphatic heterocycles. The number of carbonyl (C=O) groups excluding carboxylic acids is 1. The highest BCUT2D eigenvalue weighted by Crippen LogP contribution is 2.33. The number of ketones is 1. The topological polar surface area (TPSA) is 98.3 Å². The summed E-state index contributed by atoms with van der Waals surface area (Å²) in [5.74, 6) is 0.0756. The molecule has 0 radical (unpaired) electrons. The molecule has 1 heterocycles. The van der Waals surface area contributed by atoms with Gasteiger partial charge in [0.1, 0.15) is 11.9 Å². The number of allylic oxidation sites excluding steroid dienone is 1. The quantitative estimate of drug-likeness (QED) is 0.516. The molecule has 7 heteroatoms. The highest BCUT2D eigenvalue weighted by Gasteiger charge is 2.28. The van der Waals surface area contributed by atoms with E-state index in [-0.39, 0.29) is 17.4 Å². The minimum absolute atomic E-state index is 0.0788. The van der Waals surface area contributed by atoms with Crippen molar-refractivity contribution < 1.29 is 14.8 Å². The zero-order valence-electron chi connectivity index (χ0n) is 11.1. The van der Waals surface area contributed by atoms with Gasteiger partial charge in [-0.05, 0) is 11.0 Å². The lowest BCUT2D eigenvalue weighted by Gasteiger charge is -1.97. The zero-order chi connectivity index (χ0) is 15.1. The number of aromatic hydroxyl groups is 1. The van der Waals surface area contributed by atoms with Gasteiger partial charge in [-0.15, -0.1) is 0 Å². The maximum Gasteiger partial charge on any atom is 0.342 e. The van der Waals surface area contributed by atoms with Gasteiger partial charge >= 0.3 is 5.82 Å². The van der Waals surface area contributed by atoms with Crippen molar-refractivity contribution in [1.29, 1.82) is 0 Å². The predicted molar refractivity (Wildman–Crippen MR) is 74.0 cm³/mol. The normalized spacial score (nSPS) is 15.5. The summed E-state index contributed by atoms with van der Waals surface area (Å²) >= 11 is 0. The Bertz CT molecular complexity index is 805. The predicted octanol–water partition coefficient (Wildman–Crippen LogP) is 1.86. The molecule has 3 rings (SSSR count). The smallest absolute Gasteiger partial charge is 0.342 e. The number of fused-ring (bicyclic) bond motifs is 1. The van der Waals surface area contributed by atoms with Gasteiger partial charge in [-0.25, -0.2) is 9.55 Å². The van der Waals surface area contributed by atoms with Crippen LogP contribution in [0, 0.1) is 10.1 Å². The van der Waals surface area contributed by atoms with E-state index in [1.54, 1.807) is 12.1 Å². The van der Waals surface area contributed by atoms with Gasteiger partial charge in [-0.2, -0.15) is 0 Å². The van der Waals surface area contributed by atoms with Crippen molar-refractivity contribution in [2.75, 3.05) is 0 Å². The van der Waals surface area contributed by atoms with Gasteiger partial charge in [0.25, 0.3) is 0 Å². The summed E-state index contributed by atoms with van der Waals surface area (Å²) in [5.41, 5.74) is 1.50. The lowest BCUT2D eigenvalue weighted by Crippen LogP contribution is -2.01. The van der Waals surface area contributed by atoms with Crippen LogP contribution in [0.25, 0.3) is 6.08 Å². The lowest BCUT2D eigenvalue weighted by atomic mass is 10.1. The highest BCUT2D eigenvalue weighted by molar-refractivity contribution is 6.15. The fourth-order valence-corrected chi connectivity index (χ4v) is 2.41. The Labute approximate surface area is 119 Å². The number of nitrogens with zero attached hydrogens (tertiary/aromatic N) is 3. The third-order valence-corrected chi connectivity index (χ3v) is 3.54. The average molecular weight is 285 g/mol. The maximum absolute atomic E-state index is 12.3. The van der Waals surface area contributed by atoms with Crippen LogP contribution in [0.5, 0.6) is 5.75 Å². The molecule has 0 saturated heterocycles. The fourth-order valence-electron chi connectivity index (χ4n) is 2.41. The molecule has 0 fully saturated rings. The first-order chi connectivity index (χ1) is 9.99. The summed E-state index contributed by atoms with van der Waals surface area (Å²) in [4.78, 5) is 26.5. The molecule has 106 valence electrons. The summed E-state index contributed by atoms with van der Waals surface area (Å²) in [7, 11) is 1.52. The Hall–Kier alpha value is -2.96. The number of aromatic nitrogens is 2. The minimum Gasteiger partial charge on any atom is -0.508 e. The van der Waals surface area contributed by atoms with Crippen molar-refractivity contribution in [2.45, 2.75) is 6.42 Å². The Kier molecular flexibility index (Phi) is 2.83. The van der Waals surface area contributed by atoms with Crippen LogP contribution in [0.3, 0.4) is 0 Å². The van der Waals surface area contributed by atoms with Gasteiger partial charge in [-0.1, -0.05) is 12.1 Å². The monoisotopic (exact) mass is 285 g/mol. The number of carbonyl (C=O) groups is 1. The van der Waals surface area contributed by atoms with Gasteiger partial charge in [0, 0.05) is 29.2 Å². The Morgan fingerprint density at radius 1 is 1.48 bits per heavy atom. The summed E-state index contributed by atoms with van der Waals surface area (Å²) in [6.45, 7) is 0. The Morgan fingerprint density at radius 2 is 2.24 bits per heavy atom. The van der Waals surface area contributed by atoms with Crippen LogP contribution >= 0.6 is 0 Å². The van der Waals surface area contributed by atoms with Crippen LogP contribution in [0.1, 0.15) is 21.7 Å². The molecule has 1 aliphatic rings. The number of imidazole rings is 1. The third-order valence-electron chi connectivity index (χ3n) is 3.54. The molecule has 1 aromatic carbocycles. The molecule has 7 nitrogen and oxygen atoms in total. The number of hydrogen-bond donors (Lipinski definition) is 1. The largest absolute Gasteiger partial charge is 0.508 e. The fraction of sp³-hybridized carbons (Fsp3) is 0.143. The van der Waals surface area contributed by atoms with Gasteiger partial charge in [-0.3, -0.25) is 4.79 Å². The summed E-state index contributed by atoms with van der Waals surface area (Å²) in [5, 5.41) is 20.6. The van der Waals surface area contributed by atoms with E-state index in [2.05, 4.69) is 4.98 Å². The van der Waals surface area contributed by atoms with Gasteiger partial charge in [0.05, 0.1) is 7.05 Å². The van der Waals surface area contributed by atoms with Gasteiger partial charge in [0.15, 0.2) is 5.78 Å². The molecule has 0 spiro atoms. The molecular formula is C14H11N3O4. The van der Waals surface area contributed by atoms with E-state index in [0.29, 0.717) is 28.9 Å². The first-order valence-corrected chi connectivity index (χ1v) is 6.21. The molecule has 2 aromatic rings. The van der Waals surface area contributed by atoms with Crippen molar-refractivity contribution in [3.8, 4) is 5.75 Å². The third kappa shape index (κ3) is 1.99. The van der Waals surface area contributed by atoms with Gasteiger partial charge in [0.2, 0.25) is 5.82 Å². The van der Waals surface area contributed by atoms with E-state index in [0.717, 1.165) is 6.20 Å². The molecule has 21 heavy (non-hydrogen) atoms. The summed E-state index contributed by atoms with van der Waals surface area (Å²) in [6, 6.07) is 4.79. The second-order valence-corrected chi connectivity index (χ2v) is 4.77. The second-order valence-electron chi connectivity index (χ2n) is 4.77. The van der Waals surface area contributed by atoms with Crippen LogP contribution in [0.4, 0.5) is 5.82 Å². The van der Waals surface area contributed by atoms with E-state index >= 15 is 0 Å². The van der Waals surface area contributed by atoms with Gasteiger partial charge < -0.3 is 15.2 Å². The molecule has 1 aliphatic carbocycles. The molecule has 1 N–H and O–H groups in total. The summed E-state index contributed by atoms with van der Waals surface area (Å²) in [6.07, 6.45) is 2.96. The first kappa shape index (κ1) is 13.0. The van der Waals surface area contributed by atoms with E-state index in [9.17, 15) is 20.0 Å². The number of nitro groups is 1. The number of phenolic OH excluding ortho intramolecular Hbond substituents is 1. The number of rotatable bonds is 2. The van der Waals surface area contributed by atoms with Crippen molar-refractivity contribution >= 4 is 17.7 Å². The van der Waals surface area contributed by atoms with Crippen molar-refractivity contribution in [2.24, 2.45) is 7.05 Å². The maximum atomic E-state index is 12.3. The number of phenols is 1. The standard InChI is InChI=1S/C14H11N3O4/c1-16-12(15-7-13(16)17(20)21)6-8-5-10-9(14(8)19)3-2-4-11(10)18/h2-4,6-7,18H,5H2,1H3. The molecule has 0 saturated carbocycles. The van der Waals surface area contributed by atoms with Crippen molar-refractivity contribution in [1.82, 2.24) is 9.55 Å².